The van der Waals surface area contributed by atoms with Gasteiger partial charge < -0.3 is 5.73 Å². The number of nitrogen functional groups attached to an aromatic ring is 1. The van der Waals surface area contributed by atoms with Gasteiger partial charge in [0.05, 0.1) is 27.0 Å². The summed E-state index contributed by atoms with van der Waals surface area (Å²) in [6.45, 7) is 9.12. The van der Waals surface area contributed by atoms with Gasteiger partial charge in [-0.25, -0.2) is 9.97 Å². The highest BCUT2D eigenvalue weighted by Crippen LogP contribution is 2.50. The third-order valence-corrected chi connectivity index (χ3v) is 25.2. The lowest BCUT2D eigenvalue weighted by molar-refractivity contribution is -0.385. The van der Waals surface area contributed by atoms with Crippen molar-refractivity contribution < 1.29 is 4.92 Å². The van der Waals surface area contributed by atoms with Crippen molar-refractivity contribution >= 4 is 142 Å². The molecule has 0 amide bonds. The Balaban J connectivity index is 0.761. The zero-order valence-electron chi connectivity index (χ0n) is 67.0. The molecule has 0 saturated carbocycles. The van der Waals surface area contributed by atoms with E-state index in [4.69, 9.17) is 15.7 Å². The number of fused-ring (bicyclic) bond motifs is 12. The van der Waals surface area contributed by atoms with Crippen molar-refractivity contribution in [1.29, 1.82) is 0 Å². The molecule has 0 aliphatic heterocycles. The van der Waals surface area contributed by atoms with E-state index < -0.39 is 0 Å². The number of nitrogens with zero attached hydrogens (tertiary/aromatic N) is 5. The van der Waals surface area contributed by atoms with Gasteiger partial charge in [-0.15, -0.1) is 0 Å². The van der Waals surface area contributed by atoms with Crippen LogP contribution in [0.4, 0.5) is 11.4 Å². The van der Waals surface area contributed by atoms with Gasteiger partial charge in [0, 0.05) is 61.5 Å². The molecule has 0 radical (unpaired) electrons. The number of nitro groups is 1. The number of hydrogen-bond acceptors (Lipinski definition) is 7. The number of unbranched alkanes of at least 4 members (excludes halogenated alkanes) is 36. The second kappa shape index (κ2) is 37.4. The monoisotopic (exact) mass is 1470 g/mol. The van der Waals surface area contributed by atoms with E-state index in [-0.39, 0.29) is 27.6 Å². The van der Waals surface area contributed by atoms with Crippen molar-refractivity contribution in [3.63, 3.8) is 0 Å². The predicted octanol–water partition coefficient (Wildman–Crippen LogP) is 28.8. The van der Waals surface area contributed by atoms with E-state index in [9.17, 15) is 10.1 Å². The highest BCUT2D eigenvalue weighted by atomic mass is 16.6. The van der Waals surface area contributed by atoms with Gasteiger partial charge in [0.15, 0.2) is 0 Å². The molecule has 14 rings (SSSR count). The lowest BCUT2D eigenvalue weighted by atomic mass is 9.82. The van der Waals surface area contributed by atoms with Crippen LogP contribution in [0.1, 0.15) is 321 Å². The molecule has 10 nitrogen and oxygen atoms in total. The molecule has 0 atom stereocenters. The van der Waals surface area contributed by atoms with E-state index in [0.29, 0.717) is 61.3 Å². The first-order valence-corrected chi connectivity index (χ1v) is 44.1. The third-order valence-electron chi connectivity index (χ3n) is 25.2. The molecule has 0 fully saturated rings. The van der Waals surface area contributed by atoms with Gasteiger partial charge in [-0.2, -0.15) is 0 Å². The van der Waals surface area contributed by atoms with Crippen molar-refractivity contribution in [1.82, 2.24) is 18.8 Å². The molecule has 0 saturated heterocycles. The van der Waals surface area contributed by atoms with Gasteiger partial charge >= 0.3 is 0 Å². The number of pyridine rings is 2. The van der Waals surface area contributed by atoms with Crippen LogP contribution in [0, 0.1) is 45.6 Å². The van der Waals surface area contributed by atoms with E-state index in [0.717, 1.165) is 130 Å². The van der Waals surface area contributed by atoms with Crippen LogP contribution in [-0.4, -0.2) is 23.7 Å². The largest absolute Gasteiger partial charge is 0.398 e. The Morgan fingerprint density at radius 3 is 0.882 bits per heavy atom. The number of benzene rings is 10. The second-order valence-corrected chi connectivity index (χ2v) is 33.2. The number of nitro benzene ring substituents is 1. The maximum atomic E-state index is 15.3. The Labute approximate surface area is 652 Å². The van der Waals surface area contributed by atoms with Crippen molar-refractivity contribution in [3.8, 4) is 23.7 Å². The molecule has 14 aromatic rings. The molecule has 0 aliphatic carbocycles. The van der Waals surface area contributed by atoms with Crippen molar-refractivity contribution in [2.45, 2.75) is 310 Å². The van der Waals surface area contributed by atoms with Gasteiger partial charge in [-0.1, -0.05) is 357 Å². The third kappa shape index (κ3) is 16.7. The van der Waals surface area contributed by atoms with E-state index in [1.165, 1.54) is 250 Å². The first-order chi connectivity index (χ1) is 54.1. The van der Waals surface area contributed by atoms with Crippen LogP contribution in [-0.2, 0) is 0 Å². The molecule has 4 aromatic heterocycles. The summed E-state index contributed by atoms with van der Waals surface area (Å²) in [6.07, 6.45) is 56.2. The standard InChI is InChI=1S/C100H120N6O4/c1-5-9-13-17-21-25-29-33-37-41-45-69(46-42-38-34-30-26-22-18-14-10-6-2)49-51-71-65-86-89(67-85(71)101)104-97(102-86)81-61-57-77-73-53-56-76-80-60-64-84-96-82(62-58-78(94(80)96)74-54-55-75(91(73)92(74)76)79-59-63-83(99(104)107)95(81)93(77)79)98-103-87-66-72(88(106(109)110)68-90(87)105(98)100(84)108)52-50-70(47-43-39-35-31-27-23-19-15-11-7-3)48-44-40-36-32-28-24-20-16-12-8-4/h53-70H,5-48,101H2,1-4H3. The summed E-state index contributed by atoms with van der Waals surface area (Å²) in [5.41, 5.74) is 11.6. The highest BCUT2D eigenvalue weighted by molar-refractivity contribution is 6.45. The lowest BCUT2D eigenvalue weighted by Crippen LogP contribution is -2.13. The number of rotatable bonds is 45. The fraction of sp³-hybridized carbons (Fsp3) is 0.500. The quantitative estimate of drug-likeness (QED) is 0.00763. The van der Waals surface area contributed by atoms with Crippen LogP contribution in [0.3, 0.4) is 0 Å². The lowest BCUT2D eigenvalue weighted by Gasteiger charge is -2.21. The summed E-state index contributed by atoms with van der Waals surface area (Å²) in [6, 6.07) is 33.1. The Hall–Kier alpha value is -8.86. The van der Waals surface area contributed by atoms with Crippen molar-refractivity contribution in [2.75, 3.05) is 5.73 Å². The summed E-state index contributed by atoms with van der Waals surface area (Å²) in [7, 11) is 0. The zero-order valence-corrected chi connectivity index (χ0v) is 67.0. The molecule has 10 heteroatoms. The number of nitrogens with two attached hydrogens (primary N) is 1. The van der Waals surface area contributed by atoms with E-state index >= 15 is 9.59 Å². The minimum atomic E-state index is -0.346. The van der Waals surface area contributed by atoms with Gasteiger partial charge in [0.1, 0.15) is 16.9 Å². The van der Waals surface area contributed by atoms with Gasteiger partial charge in [0.2, 0.25) is 0 Å². The van der Waals surface area contributed by atoms with Crippen molar-refractivity contribution in [2.24, 2.45) is 11.8 Å². The van der Waals surface area contributed by atoms with Gasteiger partial charge in [-0.3, -0.25) is 28.5 Å². The van der Waals surface area contributed by atoms with Crippen LogP contribution in [0.15, 0.2) is 107 Å². The first kappa shape index (κ1) is 77.9. The molecule has 0 bridgehead atoms. The minimum Gasteiger partial charge on any atom is -0.398 e. The highest BCUT2D eigenvalue weighted by Gasteiger charge is 2.27. The van der Waals surface area contributed by atoms with Crippen LogP contribution in [0.5, 0.6) is 0 Å². The Morgan fingerprint density at radius 1 is 0.336 bits per heavy atom. The van der Waals surface area contributed by atoms with Crippen LogP contribution in [0.25, 0.3) is 130 Å². The average molecular weight is 1470 g/mol. The molecule has 2 N–H and O–H groups in total. The smallest absolute Gasteiger partial charge is 0.287 e. The number of aromatic nitrogens is 4. The topological polar surface area (TPSA) is 138 Å². The van der Waals surface area contributed by atoms with E-state index in [1.54, 1.807) is 14.9 Å². The number of hydrogen-bond donors (Lipinski definition) is 1. The summed E-state index contributed by atoms with van der Waals surface area (Å²) in [5.74, 6) is 14.8. The molecule has 0 spiro atoms. The molecule has 110 heavy (non-hydrogen) atoms. The van der Waals surface area contributed by atoms with Gasteiger partial charge in [-0.05, 0) is 133 Å². The molecule has 0 aliphatic rings. The first-order valence-electron chi connectivity index (χ1n) is 44.1. The summed E-state index contributed by atoms with van der Waals surface area (Å²) in [4.78, 5) is 53.8. The van der Waals surface area contributed by atoms with Crippen LogP contribution in [0.2, 0.25) is 0 Å². The Morgan fingerprint density at radius 2 is 0.582 bits per heavy atom. The number of anilines is 1. The van der Waals surface area contributed by atoms with Crippen molar-refractivity contribution in [3.05, 3.63) is 139 Å². The molecule has 0 unspecified atom stereocenters. The maximum absolute atomic E-state index is 15.3. The zero-order chi connectivity index (χ0) is 75.9. The Bertz CT molecular complexity index is 5620. The Kier molecular flexibility index (Phi) is 26.5. The van der Waals surface area contributed by atoms with E-state index in [2.05, 4.69) is 112 Å². The fourth-order valence-electron chi connectivity index (χ4n) is 19.1. The molecular formula is C100H120N6O4. The fourth-order valence-corrected chi connectivity index (χ4v) is 19.1. The number of imidazole rings is 2. The summed E-state index contributed by atoms with van der Waals surface area (Å²) >= 11 is 0. The summed E-state index contributed by atoms with van der Waals surface area (Å²) in [5, 5.41) is 30.7. The average Bonchev–Trinajstić information content (AvgIpc) is 0.975. The molecular weight excluding hydrogens is 1350 g/mol. The second-order valence-electron chi connectivity index (χ2n) is 33.2. The van der Waals surface area contributed by atoms with E-state index in [1.807, 2.05) is 24.3 Å². The normalized spacial score (nSPS) is 12.3. The maximum Gasteiger partial charge on any atom is 0.287 e. The molecule has 4 heterocycles. The van der Waals surface area contributed by atoms with Crippen LogP contribution >= 0.6 is 0 Å². The minimum absolute atomic E-state index is 0.102. The predicted molar refractivity (Wildman–Crippen MR) is 471 cm³/mol. The summed E-state index contributed by atoms with van der Waals surface area (Å²) < 4.78 is 3.36. The van der Waals surface area contributed by atoms with Crippen LogP contribution < -0.4 is 16.9 Å². The molecule has 574 valence electrons. The molecule has 10 aromatic carbocycles. The van der Waals surface area contributed by atoms with Gasteiger partial charge in [0.25, 0.3) is 16.8 Å². The SMILES string of the molecule is CCCCCCCCCCCCC(C#Cc1cc2nc3c4ccc5c6ccc7c8ccc9c(=O)n%10c%11cc([N+](=O)[O-])c(C#CC(CCCCCCCCCCCC)CCCCCCCCCCCC)cc%11nc%10c%10ccc(c%11ccc(c%12ccc(c(=O)n3c2cc1N)c4c5%12)c6c7%11)c8c9%10)CCCCCCCCCCCC.